The Morgan fingerprint density at radius 3 is 2.17 bits per heavy atom. The molecule has 4 nitrogen and oxygen atoms in total. The van der Waals surface area contributed by atoms with Gasteiger partial charge in [-0.3, -0.25) is 4.79 Å². The first-order chi connectivity index (χ1) is 8.34. The standard InChI is InChI=1S/C14H18O4/c1-5-14(3,4)18-13(16)11-6-8-12(9-7-11)17-10(2)15/h6-9H,5H2,1-4H3. The van der Waals surface area contributed by atoms with E-state index >= 15 is 0 Å². The molecule has 1 aromatic carbocycles. The normalized spacial score (nSPS) is 10.9. The summed E-state index contributed by atoms with van der Waals surface area (Å²) in [5.41, 5.74) is -0.0431. The Morgan fingerprint density at radius 2 is 1.72 bits per heavy atom. The molecular formula is C14H18O4. The zero-order valence-electron chi connectivity index (χ0n) is 11.1. The number of ether oxygens (including phenoxy) is 2. The first-order valence-corrected chi connectivity index (χ1v) is 5.86. The van der Waals surface area contributed by atoms with Crippen molar-refractivity contribution in [2.24, 2.45) is 0 Å². The highest BCUT2D eigenvalue weighted by atomic mass is 16.6. The quantitative estimate of drug-likeness (QED) is 0.609. The van der Waals surface area contributed by atoms with E-state index in [0.29, 0.717) is 11.3 Å². The van der Waals surface area contributed by atoms with Crippen LogP contribution in [0.25, 0.3) is 0 Å². The van der Waals surface area contributed by atoms with Gasteiger partial charge in [0.2, 0.25) is 0 Å². The molecule has 0 heterocycles. The summed E-state index contributed by atoms with van der Waals surface area (Å²) in [4.78, 5) is 22.6. The van der Waals surface area contributed by atoms with Crippen molar-refractivity contribution in [3.63, 3.8) is 0 Å². The largest absolute Gasteiger partial charge is 0.456 e. The van der Waals surface area contributed by atoms with E-state index in [4.69, 9.17) is 9.47 Å². The molecule has 0 atom stereocenters. The highest BCUT2D eigenvalue weighted by Crippen LogP contribution is 2.18. The summed E-state index contributed by atoms with van der Waals surface area (Å²) < 4.78 is 10.2. The lowest BCUT2D eigenvalue weighted by molar-refractivity contribution is -0.131. The van der Waals surface area contributed by atoms with Crippen LogP contribution >= 0.6 is 0 Å². The minimum absolute atomic E-state index is 0.378. The first-order valence-electron chi connectivity index (χ1n) is 5.86. The minimum atomic E-state index is -0.481. The van der Waals surface area contributed by atoms with E-state index in [1.807, 2.05) is 20.8 Å². The van der Waals surface area contributed by atoms with E-state index in [1.54, 1.807) is 24.3 Å². The topological polar surface area (TPSA) is 52.6 Å². The smallest absolute Gasteiger partial charge is 0.338 e. The van der Waals surface area contributed by atoms with Gasteiger partial charge in [-0.2, -0.15) is 0 Å². The lowest BCUT2D eigenvalue weighted by Gasteiger charge is -2.23. The van der Waals surface area contributed by atoms with Crippen LogP contribution < -0.4 is 4.74 Å². The number of esters is 2. The van der Waals surface area contributed by atoms with Gasteiger partial charge in [0.25, 0.3) is 0 Å². The highest BCUT2D eigenvalue weighted by Gasteiger charge is 2.21. The van der Waals surface area contributed by atoms with Gasteiger partial charge in [0.1, 0.15) is 11.4 Å². The van der Waals surface area contributed by atoms with Crippen LogP contribution in [0.4, 0.5) is 0 Å². The van der Waals surface area contributed by atoms with Gasteiger partial charge in [0, 0.05) is 6.92 Å². The third-order valence-electron chi connectivity index (χ3n) is 2.57. The number of hydrogen-bond acceptors (Lipinski definition) is 4. The summed E-state index contributed by atoms with van der Waals surface area (Å²) in [5.74, 6) is -0.359. The predicted molar refractivity (Wildman–Crippen MR) is 67.5 cm³/mol. The van der Waals surface area contributed by atoms with Crippen molar-refractivity contribution in [3.8, 4) is 5.75 Å². The molecule has 0 aliphatic rings. The molecule has 0 aliphatic heterocycles. The number of carbonyl (C=O) groups excluding carboxylic acids is 2. The van der Waals surface area contributed by atoms with Gasteiger partial charge in [-0.25, -0.2) is 4.79 Å². The van der Waals surface area contributed by atoms with Gasteiger partial charge in [-0.15, -0.1) is 0 Å². The predicted octanol–water partition coefficient (Wildman–Crippen LogP) is 2.96. The zero-order chi connectivity index (χ0) is 13.8. The maximum atomic E-state index is 11.8. The van der Waals surface area contributed by atoms with Gasteiger partial charge in [0.05, 0.1) is 5.56 Å². The fourth-order valence-corrected chi connectivity index (χ4v) is 1.21. The fourth-order valence-electron chi connectivity index (χ4n) is 1.21. The van der Waals surface area contributed by atoms with E-state index in [2.05, 4.69) is 0 Å². The molecule has 4 heteroatoms. The maximum absolute atomic E-state index is 11.8. The van der Waals surface area contributed by atoms with Crippen molar-refractivity contribution in [1.82, 2.24) is 0 Å². The Hall–Kier alpha value is -1.84. The van der Waals surface area contributed by atoms with Crippen molar-refractivity contribution >= 4 is 11.9 Å². The lowest BCUT2D eigenvalue weighted by Crippen LogP contribution is -2.27. The average molecular weight is 250 g/mol. The third kappa shape index (κ3) is 4.20. The summed E-state index contributed by atoms with van der Waals surface area (Å²) in [6, 6.07) is 6.28. The van der Waals surface area contributed by atoms with E-state index in [9.17, 15) is 9.59 Å². The SMILES string of the molecule is CCC(C)(C)OC(=O)c1ccc(OC(C)=O)cc1. The molecule has 0 N–H and O–H groups in total. The summed E-state index contributed by atoms with van der Waals surface area (Å²) in [6.45, 7) is 7.00. The van der Waals surface area contributed by atoms with Crippen molar-refractivity contribution in [3.05, 3.63) is 29.8 Å². The molecule has 0 unspecified atom stereocenters. The van der Waals surface area contributed by atoms with Gasteiger partial charge in [-0.1, -0.05) is 6.92 Å². The van der Waals surface area contributed by atoms with Gasteiger partial charge in [-0.05, 0) is 44.5 Å². The number of benzene rings is 1. The van der Waals surface area contributed by atoms with Crippen LogP contribution in [0, 0.1) is 0 Å². The summed E-state index contributed by atoms with van der Waals surface area (Å²) >= 11 is 0. The fraction of sp³-hybridized carbons (Fsp3) is 0.429. The molecule has 98 valence electrons. The van der Waals surface area contributed by atoms with Crippen LogP contribution in [0.3, 0.4) is 0 Å². The van der Waals surface area contributed by atoms with E-state index in [-0.39, 0.29) is 5.97 Å². The molecule has 1 aromatic rings. The molecule has 0 bridgehead atoms. The molecule has 18 heavy (non-hydrogen) atoms. The average Bonchev–Trinajstić information content (AvgIpc) is 2.28. The van der Waals surface area contributed by atoms with E-state index < -0.39 is 11.6 Å². The molecule has 0 saturated carbocycles. The van der Waals surface area contributed by atoms with Crippen LogP contribution in [0.15, 0.2) is 24.3 Å². The Morgan fingerprint density at radius 1 is 1.17 bits per heavy atom. The van der Waals surface area contributed by atoms with Gasteiger partial charge < -0.3 is 9.47 Å². The van der Waals surface area contributed by atoms with Crippen molar-refractivity contribution in [2.75, 3.05) is 0 Å². The number of hydrogen-bond donors (Lipinski definition) is 0. The van der Waals surface area contributed by atoms with E-state index in [0.717, 1.165) is 6.42 Å². The van der Waals surface area contributed by atoms with Crippen LogP contribution in [-0.4, -0.2) is 17.5 Å². The summed E-state index contributed by atoms with van der Waals surface area (Å²) in [5, 5.41) is 0. The maximum Gasteiger partial charge on any atom is 0.338 e. The molecule has 0 aliphatic carbocycles. The Balaban J connectivity index is 2.73. The second kappa shape index (κ2) is 5.67. The Labute approximate surface area is 107 Å². The Bertz CT molecular complexity index is 432. The zero-order valence-corrected chi connectivity index (χ0v) is 11.1. The lowest BCUT2D eigenvalue weighted by atomic mass is 10.1. The third-order valence-corrected chi connectivity index (χ3v) is 2.57. The van der Waals surface area contributed by atoms with Crippen molar-refractivity contribution in [1.29, 1.82) is 0 Å². The first kappa shape index (κ1) is 14.2. The van der Waals surface area contributed by atoms with Crippen molar-refractivity contribution in [2.45, 2.75) is 39.7 Å². The van der Waals surface area contributed by atoms with Gasteiger partial charge in [0.15, 0.2) is 0 Å². The summed E-state index contributed by atoms with van der Waals surface area (Å²) in [6.07, 6.45) is 0.740. The second-order valence-corrected chi connectivity index (χ2v) is 4.62. The number of rotatable bonds is 4. The molecule has 0 aromatic heterocycles. The van der Waals surface area contributed by atoms with Crippen LogP contribution in [0.5, 0.6) is 5.75 Å². The summed E-state index contributed by atoms with van der Waals surface area (Å²) in [7, 11) is 0. The number of carbonyl (C=O) groups is 2. The second-order valence-electron chi connectivity index (χ2n) is 4.62. The monoisotopic (exact) mass is 250 g/mol. The molecule has 0 radical (unpaired) electrons. The molecule has 0 fully saturated rings. The molecule has 0 spiro atoms. The molecule has 0 amide bonds. The van der Waals surface area contributed by atoms with Crippen molar-refractivity contribution < 1.29 is 19.1 Å². The van der Waals surface area contributed by atoms with Crippen LogP contribution in [0.2, 0.25) is 0 Å². The van der Waals surface area contributed by atoms with Crippen LogP contribution in [0.1, 0.15) is 44.5 Å². The molecule has 1 rings (SSSR count). The molecule has 0 saturated heterocycles. The minimum Gasteiger partial charge on any atom is -0.456 e. The van der Waals surface area contributed by atoms with E-state index in [1.165, 1.54) is 6.92 Å². The van der Waals surface area contributed by atoms with Gasteiger partial charge >= 0.3 is 11.9 Å². The molecular weight excluding hydrogens is 232 g/mol. The Kier molecular flexibility index (Phi) is 4.48. The highest BCUT2D eigenvalue weighted by molar-refractivity contribution is 5.89. The van der Waals surface area contributed by atoms with Crippen LogP contribution in [-0.2, 0) is 9.53 Å².